The number of nitrogens with two attached hydrogens (primary N) is 1. The summed E-state index contributed by atoms with van der Waals surface area (Å²) < 4.78 is 70.3. The van der Waals surface area contributed by atoms with Crippen LogP contribution in [0, 0.1) is 0 Å². The molecule has 0 saturated carbocycles. The second-order valence-electron chi connectivity index (χ2n) is 10.3. The van der Waals surface area contributed by atoms with Gasteiger partial charge in [0.05, 0.1) is 43.8 Å². The first-order valence-corrected chi connectivity index (χ1v) is 16.1. The average Bonchev–Trinajstić information content (AvgIpc) is 3.51. The number of nitrogens with zero attached hydrogens (tertiary/aromatic N) is 5. The van der Waals surface area contributed by atoms with E-state index in [0.717, 1.165) is 0 Å². The Hall–Kier alpha value is -2.57. The van der Waals surface area contributed by atoms with Crippen LogP contribution in [0.4, 0.5) is 5.82 Å². The number of nitrogen functional groups attached to an aromatic ring is 1. The molecular weight excluding hydrogens is 595 g/mol. The van der Waals surface area contributed by atoms with Gasteiger partial charge >= 0.3 is 7.82 Å². The van der Waals surface area contributed by atoms with E-state index in [-0.39, 0.29) is 36.1 Å². The van der Waals surface area contributed by atoms with Crippen molar-refractivity contribution < 1.29 is 46.2 Å². The summed E-state index contributed by atoms with van der Waals surface area (Å²) in [6.07, 6.45) is -1.62. The molecule has 42 heavy (non-hydrogen) atoms. The lowest BCUT2D eigenvalue weighted by Crippen LogP contribution is -2.44. The lowest BCUT2D eigenvalue weighted by molar-refractivity contribution is -0.0953. The molecule has 228 valence electrons. The van der Waals surface area contributed by atoms with E-state index in [1.54, 1.807) is 12.1 Å². The van der Waals surface area contributed by atoms with E-state index in [0.29, 0.717) is 30.7 Å². The van der Waals surface area contributed by atoms with Gasteiger partial charge in [-0.3, -0.25) is 18.1 Å². The zero-order valence-corrected chi connectivity index (χ0v) is 24.3. The van der Waals surface area contributed by atoms with Gasteiger partial charge in [-0.05, 0) is 24.6 Å². The fourth-order valence-electron chi connectivity index (χ4n) is 5.20. The molecular formula is C24H31N6O10PS. The minimum absolute atomic E-state index is 0.0129. The predicted molar refractivity (Wildman–Crippen MR) is 144 cm³/mol. The molecule has 3 aromatic rings. The van der Waals surface area contributed by atoms with Crippen LogP contribution in [-0.4, -0.2) is 99.8 Å². The monoisotopic (exact) mass is 626 g/mol. The van der Waals surface area contributed by atoms with Crippen LogP contribution in [0.15, 0.2) is 41.8 Å². The smallest absolute Gasteiger partial charge is 0.387 e. The molecule has 1 aromatic carbocycles. The number of phosphoric ester groups is 1. The fraction of sp³-hybridized carbons (Fsp3) is 0.542. The van der Waals surface area contributed by atoms with Gasteiger partial charge in [0.2, 0.25) is 10.0 Å². The van der Waals surface area contributed by atoms with E-state index >= 15 is 0 Å². The zero-order chi connectivity index (χ0) is 29.7. The summed E-state index contributed by atoms with van der Waals surface area (Å²) in [5.41, 5.74) is 5.11. The number of aliphatic hydroxyl groups is 2. The summed E-state index contributed by atoms with van der Waals surface area (Å²) in [6, 6.07) is 6.25. The maximum Gasteiger partial charge on any atom is 0.475 e. The number of hydrogen-bond donors (Lipinski definition) is 3. The second kappa shape index (κ2) is 11.2. The largest absolute Gasteiger partial charge is 0.475 e. The maximum atomic E-state index is 13.4. The summed E-state index contributed by atoms with van der Waals surface area (Å²) in [5.74, 6) is 0.139. The van der Waals surface area contributed by atoms with Crippen LogP contribution in [0.3, 0.4) is 0 Å². The number of morpholine rings is 1. The van der Waals surface area contributed by atoms with E-state index in [2.05, 4.69) is 15.0 Å². The van der Waals surface area contributed by atoms with E-state index in [1.165, 1.54) is 40.6 Å². The molecule has 6 atom stereocenters. The quantitative estimate of drug-likeness (QED) is 0.309. The Morgan fingerprint density at radius 1 is 1.21 bits per heavy atom. The van der Waals surface area contributed by atoms with Crippen molar-refractivity contribution in [3.05, 3.63) is 42.5 Å². The normalized spacial score (nSPS) is 32.8. The number of aliphatic hydroxyl groups excluding tert-OH is 1. The van der Waals surface area contributed by atoms with E-state index in [9.17, 15) is 23.2 Å². The Labute approximate surface area is 241 Å². The number of imidazole rings is 1. The first-order chi connectivity index (χ1) is 20.0. The number of hydrogen-bond acceptors (Lipinski definition) is 14. The molecule has 6 rings (SSSR count). The Morgan fingerprint density at radius 2 is 2.00 bits per heavy atom. The molecule has 0 amide bonds. The number of phosphoric acid groups is 1. The van der Waals surface area contributed by atoms with Gasteiger partial charge in [0.15, 0.2) is 17.7 Å². The molecule has 16 nitrogen and oxygen atoms in total. The fourth-order valence-corrected chi connectivity index (χ4v) is 8.06. The highest BCUT2D eigenvalue weighted by Crippen LogP contribution is 2.57. The molecule has 3 aliphatic heterocycles. The molecule has 18 heteroatoms. The minimum atomic E-state index is -4.17. The van der Waals surface area contributed by atoms with Crippen molar-refractivity contribution in [2.24, 2.45) is 0 Å². The third kappa shape index (κ3) is 5.34. The van der Waals surface area contributed by atoms with Crippen molar-refractivity contribution in [2.45, 2.75) is 48.4 Å². The van der Waals surface area contributed by atoms with Crippen LogP contribution in [0.1, 0.15) is 31.2 Å². The van der Waals surface area contributed by atoms with Gasteiger partial charge in [0, 0.05) is 19.5 Å². The SMILES string of the molecule is C[C@@]1(O)[C@H](O)[C@@H](CO[P@@]2(=O)OCC[C@@H](c3cccc(S(=O)(=O)N4CCOCC4)c3)O2)O[C@H]1n1cnc2c(N)ncnc21. The average molecular weight is 627 g/mol. The molecule has 5 heterocycles. The first-order valence-electron chi connectivity index (χ1n) is 13.2. The molecule has 3 saturated heterocycles. The Balaban J connectivity index is 1.15. The highest BCUT2D eigenvalue weighted by molar-refractivity contribution is 7.89. The Morgan fingerprint density at radius 3 is 2.79 bits per heavy atom. The van der Waals surface area contributed by atoms with Crippen LogP contribution >= 0.6 is 7.82 Å². The van der Waals surface area contributed by atoms with Gasteiger partial charge in [0.25, 0.3) is 0 Å². The molecule has 0 spiro atoms. The van der Waals surface area contributed by atoms with Gasteiger partial charge < -0.3 is 25.4 Å². The number of aromatic nitrogens is 4. The van der Waals surface area contributed by atoms with Crippen molar-refractivity contribution in [3.63, 3.8) is 0 Å². The maximum absolute atomic E-state index is 13.4. The Bertz CT molecular complexity index is 1610. The first kappa shape index (κ1) is 29.5. The summed E-state index contributed by atoms with van der Waals surface area (Å²) in [5, 5.41) is 22.0. The van der Waals surface area contributed by atoms with E-state index < -0.39 is 54.6 Å². The summed E-state index contributed by atoms with van der Waals surface area (Å²) >= 11 is 0. The van der Waals surface area contributed by atoms with Crippen molar-refractivity contribution >= 4 is 34.8 Å². The molecule has 0 radical (unpaired) electrons. The van der Waals surface area contributed by atoms with Crippen molar-refractivity contribution in [2.75, 3.05) is 45.3 Å². The second-order valence-corrected chi connectivity index (χ2v) is 13.9. The highest BCUT2D eigenvalue weighted by atomic mass is 32.2. The molecule has 0 unspecified atom stereocenters. The highest BCUT2D eigenvalue weighted by Gasteiger charge is 2.54. The van der Waals surface area contributed by atoms with Gasteiger partial charge in [0.1, 0.15) is 29.7 Å². The topological polar surface area (TPSA) is 211 Å². The summed E-state index contributed by atoms with van der Waals surface area (Å²) in [6.45, 7) is 2.09. The number of benzene rings is 1. The summed E-state index contributed by atoms with van der Waals surface area (Å²) in [4.78, 5) is 12.3. The molecule has 3 fully saturated rings. The van der Waals surface area contributed by atoms with Crippen LogP contribution in [-0.2, 0) is 37.6 Å². The van der Waals surface area contributed by atoms with Crippen LogP contribution < -0.4 is 5.73 Å². The zero-order valence-electron chi connectivity index (χ0n) is 22.6. The molecule has 0 bridgehead atoms. The lowest BCUT2D eigenvalue weighted by Gasteiger charge is -2.30. The van der Waals surface area contributed by atoms with Crippen LogP contribution in [0.5, 0.6) is 0 Å². The van der Waals surface area contributed by atoms with Gasteiger partial charge in [-0.2, -0.15) is 4.31 Å². The van der Waals surface area contributed by atoms with Gasteiger partial charge in [-0.1, -0.05) is 12.1 Å². The minimum Gasteiger partial charge on any atom is -0.387 e. The van der Waals surface area contributed by atoms with Crippen LogP contribution in [0.25, 0.3) is 11.2 Å². The standard InChI is InChI=1S/C24H31N6O10PS/c1-24(32)20(31)18(39-23(24)30-14-28-19-21(25)26-13-27-22(19)30)12-38-41(33)37-8-5-17(40-41)15-3-2-4-16(11-15)42(34,35)29-6-9-36-10-7-29/h2-4,11,13-14,17-18,20,23,31-32H,5-10,12H2,1H3,(H2,25,26,27)/t17-,18+,20+,23+,24+,41+/m0/s1. The third-order valence-corrected chi connectivity index (χ3v) is 10.9. The molecule has 2 aromatic heterocycles. The van der Waals surface area contributed by atoms with E-state index in [4.69, 9.17) is 28.8 Å². The van der Waals surface area contributed by atoms with Gasteiger partial charge in [-0.25, -0.2) is 27.9 Å². The summed E-state index contributed by atoms with van der Waals surface area (Å²) in [7, 11) is -7.92. The van der Waals surface area contributed by atoms with Crippen molar-refractivity contribution in [1.29, 1.82) is 0 Å². The van der Waals surface area contributed by atoms with Crippen molar-refractivity contribution in [1.82, 2.24) is 23.8 Å². The third-order valence-electron chi connectivity index (χ3n) is 7.51. The number of fused-ring (bicyclic) bond motifs is 1. The van der Waals surface area contributed by atoms with Gasteiger partial charge in [-0.15, -0.1) is 0 Å². The lowest BCUT2D eigenvalue weighted by atomic mass is 9.96. The molecule has 4 N–H and O–H groups in total. The molecule has 0 aliphatic carbocycles. The number of anilines is 1. The van der Waals surface area contributed by atoms with Crippen LogP contribution in [0.2, 0.25) is 0 Å². The Kier molecular flexibility index (Phi) is 7.84. The number of ether oxygens (including phenoxy) is 2. The van der Waals surface area contributed by atoms with Crippen molar-refractivity contribution in [3.8, 4) is 0 Å². The number of sulfonamides is 1. The molecule has 3 aliphatic rings. The van der Waals surface area contributed by atoms with E-state index in [1.807, 2.05) is 0 Å². The predicted octanol–water partition coefficient (Wildman–Crippen LogP) is 0.742. The number of rotatable bonds is 7.